The number of hydrogen-bond donors (Lipinski definition) is 1. The van der Waals surface area contributed by atoms with Crippen molar-refractivity contribution in [3.05, 3.63) is 64.7 Å². The molecule has 0 aliphatic heterocycles. The zero-order chi connectivity index (χ0) is 27.2. The molecule has 0 unspecified atom stereocenters. The van der Waals surface area contributed by atoms with Crippen molar-refractivity contribution in [3.8, 4) is 0 Å². The Labute approximate surface area is 221 Å². The minimum atomic E-state index is -4.05. The van der Waals surface area contributed by atoms with E-state index in [1.165, 1.54) is 4.90 Å². The van der Waals surface area contributed by atoms with Crippen LogP contribution in [-0.4, -0.2) is 50.0 Å². The number of anilines is 1. The van der Waals surface area contributed by atoms with Gasteiger partial charge in [-0.05, 0) is 49.1 Å². The molecule has 1 N–H and O–H groups in total. The number of rotatable bonds is 10. The molecule has 202 valence electrons. The molecule has 1 saturated carbocycles. The highest BCUT2D eigenvalue weighted by Gasteiger charge is 2.33. The lowest BCUT2D eigenvalue weighted by molar-refractivity contribution is -0.140. The number of hydrogen-bond acceptors (Lipinski definition) is 4. The molecule has 0 radical (unpaired) electrons. The van der Waals surface area contributed by atoms with Crippen LogP contribution in [0.1, 0.15) is 51.0 Å². The summed E-state index contributed by atoms with van der Waals surface area (Å²) < 4.78 is 53.2. The molecule has 1 atom stereocenters. The molecule has 1 fully saturated rings. The molecule has 0 heterocycles. The molecule has 0 spiro atoms. The fourth-order valence-electron chi connectivity index (χ4n) is 4.50. The van der Waals surface area contributed by atoms with Crippen molar-refractivity contribution < 1.29 is 26.8 Å². The van der Waals surface area contributed by atoms with Crippen LogP contribution in [0.5, 0.6) is 0 Å². The third kappa shape index (κ3) is 7.88. The Balaban J connectivity index is 1.92. The summed E-state index contributed by atoms with van der Waals surface area (Å²) in [6, 6.07) is 8.53. The maximum Gasteiger partial charge on any atom is 0.244 e. The van der Waals surface area contributed by atoms with E-state index in [0.717, 1.165) is 56.6 Å². The van der Waals surface area contributed by atoms with Gasteiger partial charge in [0, 0.05) is 23.7 Å². The van der Waals surface area contributed by atoms with E-state index >= 15 is 0 Å². The normalized spacial score (nSPS) is 15.2. The highest BCUT2D eigenvalue weighted by atomic mass is 35.5. The molecule has 1 aliphatic carbocycles. The molecule has 2 aromatic rings. The number of amides is 2. The van der Waals surface area contributed by atoms with Gasteiger partial charge in [0.15, 0.2) is 11.6 Å². The quantitative estimate of drug-likeness (QED) is 0.463. The molecular weight excluding hydrogens is 524 g/mol. The summed E-state index contributed by atoms with van der Waals surface area (Å²) in [5.41, 5.74) is 0.501. The van der Waals surface area contributed by atoms with Crippen LogP contribution in [0.15, 0.2) is 42.5 Å². The second-order valence-electron chi connectivity index (χ2n) is 9.28. The monoisotopic (exact) mass is 555 g/mol. The van der Waals surface area contributed by atoms with Gasteiger partial charge in [-0.2, -0.15) is 0 Å². The first-order chi connectivity index (χ1) is 17.5. The molecule has 11 heteroatoms. The number of nitrogens with one attached hydrogen (secondary N) is 1. The van der Waals surface area contributed by atoms with Crippen LogP contribution in [0.2, 0.25) is 5.02 Å². The summed E-state index contributed by atoms with van der Waals surface area (Å²) in [6.07, 6.45) is 6.06. The Morgan fingerprint density at radius 1 is 1.05 bits per heavy atom. The first kappa shape index (κ1) is 28.8. The Morgan fingerprint density at radius 3 is 2.27 bits per heavy atom. The van der Waals surface area contributed by atoms with E-state index in [0.29, 0.717) is 21.3 Å². The van der Waals surface area contributed by atoms with Crippen LogP contribution in [0.3, 0.4) is 0 Å². The van der Waals surface area contributed by atoms with Crippen molar-refractivity contribution in [1.29, 1.82) is 0 Å². The van der Waals surface area contributed by atoms with Gasteiger partial charge in [-0.3, -0.25) is 13.9 Å². The van der Waals surface area contributed by atoms with Crippen LogP contribution in [0.4, 0.5) is 14.5 Å². The zero-order valence-electron chi connectivity index (χ0n) is 20.9. The zero-order valence-corrected chi connectivity index (χ0v) is 22.5. The molecule has 0 bridgehead atoms. The second kappa shape index (κ2) is 12.7. The van der Waals surface area contributed by atoms with Gasteiger partial charge in [-0.25, -0.2) is 17.2 Å². The summed E-state index contributed by atoms with van der Waals surface area (Å²) in [4.78, 5) is 28.3. The van der Waals surface area contributed by atoms with E-state index in [2.05, 4.69) is 5.32 Å². The van der Waals surface area contributed by atoms with Gasteiger partial charge < -0.3 is 10.2 Å². The average molecular weight is 556 g/mol. The summed E-state index contributed by atoms with van der Waals surface area (Å²) in [6.45, 7) is 1.11. The lowest BCUT2D eigenvalue weighted by Gasteiger charge is -2.34. The Bertz CT molecular complexity index is 1200. The number of nitrogens with zero attached hydrogens (tertiary/aromatic N) is 2. The van der Waals surface area contributed by atoms with Gasteiger partial charge in [0.1, 0.15) is 12.6 Å². The maximum atomic E-state index is 13.9. The molecule has 37 heavy (non-hydrogen) atoms. The molecule has 3 rings (SSSR count). The van der Waals surface area contributed by atoms with Gasteiger partial charge in [0.25, 0.3) is 0 Å². The van der Waals surface area contributed by atoms with Crippen molar-refractivity contribution in [2.75, 3.05) is 17.1 Å². The topological polar surface area (TPSA) is 86.8 Å². The summed E-state index contributed by atoms with van der Waals surface area (Å²) in [7, 11) is -4.05. The van der Waals surface area contributed by atoms with Gasteiger partial charge in [-0.1, -0.05) is 49.9 Å². The number of halogens is 3. The minimum absolute atomic E-state index is 0.0255. The van der Waals surface area contributed by atoms with E-state index in [4.69, 9.17) is 11.6 Å². The molecule has 0 saturated heterocycles. The Morgan fingerprint density at radius 2 is 1.70 bits per heavy atom. The first-order valence-corrected chi connectivity index (χ1v) is 14.5. The second-order valence-corrected chi connectivity index (χ2v) is 11.6. The first-order valence-electron chi connectivity index (χ1n) is 12.3. The van der Waals surface area contributed by atoms with Crippen LogP contribution >= 0.6 is 11.6 Å². The van der Waals surface area contributed by atoms with Gasteiger partial charge in [0.05, 0.1) is 11.9 Å². The third-order valence-corrected chi connectivity index (χ3v) is 7.87. The highest BCUT2D eigenvalue weighted by Crippen LogP contribution is 2.23. The lowest BCUT2D eigenvalue weighted by atomic mass is 9.95. The molecule has 2 aromatic carbocycles. The van der Waals surface area contributed by atoms with Gasteiger partial charge in [0.2, 0.25) is 21.8 Å². The summed E-state index contributed by atoms with van der Waals surface area (Å²) in [5.74, 6) is -3.35. The molecule has 7 nitrogen and oxygen atoms in total. The van der Waals surface area contributed by atoms with Crippen LogP contribution in [-0.2, 0) is 26.2 Å². The SMILES string of the molecule is CC[C@@H](C(=O)NC1CCCCC1)N(Cc1ccc(Cl)cc1)C(=O)CN(c1ccc(F)c(F)c1)S(C)(=O)=O. The van der Waals surface area contributed by atoms with Crippen LogP contribution < -0.4 is 9.62 Å². The largest absolute Gasteiger partial charge is 0.352 e. The number of carbonyl (C=O) groups is 2. The van der Waals surface area contributed by atoms with E-state index < -0.39 is 40.2 Å². The summed E-state index contributed by atoms with van der Waals surface area (Å²) >= 11 is 5.99. The fourth-order valence-corrected chi connectivity index (χ4v) is 5.47. The van der Waals surface area contributed by atoms with Crippen molar-refractivity contribution in [2.45, 2.75) is 64.1 Å². The minimum Gasteiger partial charge on any atom is -0.352 e. The molecule has 2 amide bonds. The third-order valence-electron chi connectivity index (χ3n) is 6.47. The Hall–Kier alpha value is -2.72. The van der Waals surface area contributed by atoms with Crippen LogP contribution in [0, 0.1) is 11.6 Å². The number of carbonyl (C=O) groups excluding carboxylic acids is 2. The van der Waals surface area contributed by atoms with Crippen molar-refractivity contribution in [3.63, 3.8) is 0 Å². The predicted octanol–water partition coefficient (Wildman–Crippen LogP) is 4.64. The molecular formula is C26H32ClF2N3O4S. The van der Waals surface area contributed by atoms with Gasteiger partial charge >= 0.3 is 0 Å². The van der Waals surface area contributed by atoms with Gasteiger partial charge in [-0.15, -0.1) is 0 Å². The predicted molar refractivity (Wildman–Crippen MR) is 140 cm³/mol. The molecule has 1 aliphatic rings. The van der Waals surface area contributed by atoms with Crippen molar-refractivity contribution in [1.82, 2.24) is 10.2 Å². The lowest BCUT2D eigenvalue weighted by Crippen LogP contribution is -2.53. The number of benzene rings is 2. The number of sulfonamides is 1. The Kier molecular flexibility index (Phi) is 9.89. The summed E-state index contributed by atoms with van der Waals surface area (Å²) in [5, 5.41) is 3.56. The highest BCUT2D eigenvalue weighted by molar-refractivity contribution is 7.92. The fraction of sp³-hybridized carbons (Fsp3) is 0.462. The van der Waals surface area contributed by atoms with E-state index in [-0.39, 0.29) is 24.2 Å². The average Bonchev–Trinajstić information content (AvgIpc) is 2.85. The van der Waals surface area contributed by atoms with E-state index in [1.807, 2.05) is 0 Å². The van der Waals surface area contributed by atoms with E-state index in [1.54, 1.807) is 31.2 Å². The maximum absolute atomic E-state index is 13.9. The standard InChI is InChI=1S/C26H32ClF2N3O4S/c1-3-24(26(34)30-20-7-5-4-6-8-20)31(16-18-9-11-19(27)12-10-18)25(33)17-32(37(2,35)36)21-13-14-22(28)23(29)15-21/h9-15,20,24H,3-8,16-17H2,1-2H3,(H,30,34)/t24-/m0/s1. The molecule has 0 aromatic heterocycles. The smallest absolute Gasteiger partial charge is 0.244 e. The van der Waals surface area contributed by atoms with Crippen molar-refractivity contribution in [2.24, 2.45) is 0 Å². The van der Waals surface area contributed by atoms with Crippen molar-refractivity contribution >= 4 is 39.1 Å². The van der Waals surface area contributed by atoms with E-state index in [9.17, 15) is 26.8 Å². The van der Waals surface area contributed by atoms with Crippen LogP contribution in [0.25, 0.3) is 0 Å².